The van der Waals surface area contributed by atoms with Gasteiger partial charge in [-0.05, 0) is 31.9 Å². The van der Waals surface area contributed by atoms with Crippen LogP contribution in [0.15, 0.2) is 26.1 Å². The monoisotopic (exact) mass is 371 g/mol. The Kier molecular flexibility index (Phi) is 3.31. The van der Waals surface area contributed by atoms with E-state index in [0.717, 1.165) is 4.47 Å². The highest BCUT2D eigenvalue weighted by Crippen LogP contribution is 2.13. The van der Waals surface area contributed by atoms with Crippen molar-refractivity contribution in [2.45, 2.75) is 0 Å². The molecule has 2 aromatic heterocycles. The van der Waals surface area contributed by atoms with E-state index in [0.29, 0.717) is 10.1 Å². The van der Waals surface area contributed by atoms with Crippen LogP contribution in [0.2, 0.25) is 0 Å². The maximum absolute atomic E-state index is 11.1. The number of fused-ring (bicyclic) bond motifs is 1. The molecule has 0 unspecified atom stereocenters. The highest BCUT2D eigenvalue weighted by atomic mass is 79.9. The molecule has 0 saturated heterocycles. The first-order valence-electron chi connectivity index (χ1n) is 3.10. The Bertz CT molecular complexity index is 489. The molecule has 2 rings (SSSR count). The summed E-state index contributed by atoms with van der Waals surface area (Å²) in [4.78, 5) is 15.1. The molecule has 0 aliphatic heterocycles. The largest absolute Gasteiger partial charge is 0.281 e. The van der Waals surface area contributed by atoms with E-state index in [1.165, 1.54) is 0 Å². The summed E-state index contributed by atoms with van der Waals surface area (Å²) in [5.41, 5.74) is 0.406. The van der Waals surface area contributed by atoms with Crippen molar-refractivity contribution in [1.82, 2.24) is 14.6 Å². The lowest BCUT2D eigenvalue weighted by molar-refractivity contribution is 0.914. The van der Waals surface area contributed by atoms with Crippen molar-refractivity contribution in [3.05, 3.63) is 31.7 Å². The quantitative estimate of drug-likeness (QED) is 0.769. The van der Waals surface area contributed by atoms with E-state index in [1.54, 1.807) is 16.9 Å². The molecular formula is C6H4Br3N3O. The van der Waals surface area contributed by atoms with Gasteiger partial charge in [0.05, 0.1) is 4.47 Å². The third-order valence-corrected chi connectivity index (χ3v) is 2.53. The van der Waals surface area contributed by atoms with Gasteiger partial charge in [-0.3, -0.25) is 9.89 Å². The highest BCUT2D eigenvalue weighted by molar-refractivity contribution is 9.11. The van der Waals surface area contributed by atoms with Gasteiger partial charge >= 0.3 is 0 Å². The molecule has 0 fully saturated rings. The van der Waals surface area contributed by atoms with Gasteiger partial charge in [0, 0.05) is 12.4 Å². The van der Waals surface area contributed by atoms with E-state index < -0.39 is 0 Å². The zero-order chi connectivity index (χ0) is 8.72. The Balaban J connectivity index is 0.000000845. The van der Waals surface area contributed by atoms with Crippen LogP contribution in [0.5, 0.6) is 0 Å². The van der Waals surface area contributed by atoms with Crippen molar-refractivity contribution >= 4 is 54.5 Å². The Morgan fingerprint density at radius 1 is 1.46 bits per heavy atom. The van der Waals surface area contributed by atoms with Gasteiger partial charge < -0.3 is 0 Å². The first-order chi connectivity index (χ1) is 5.68. The number of rotatable bonds is 0. The predicted molar refractivity (Wildman–Crippen MR) is 61.5 cm³/mol. The summed E-state index contributed by atoms with van der Waals surface area (Å²) in [6, 6.07) is 0. The van der Waals surface area contributed by atoms with E-state index >= 15 is 0 Å². The minimum absolute atomic E-state index is 0. The van der Waals surface area contributed by atoms with Crippen molar-refractivity contribution < 1.29 is 0 Å². The van der Waals surface area contributed by atoms with Crippen LogP contribution in [0.3, 0.4) is 0 Å². The minimum atomic E-state index is -0.180. The molecule has 0 aromatic carbocycles. The minimum Gasteiger partial charge on any atom is -0.267 e. The van der Waals surface area contributed by atoms with Crippen LogP contribution in [0.25, 0.3) is 5.65 Å². The van der Waals surface area contributed by atoms with E-state index in [2.05, 4.69) is 41.9 Å². The number of nitrogens with one attached hydrogen (secondary N) is 1. The average Bonchev–Trinajstić information content (AvgIpc) is 2.28. The summed E-state index contributed by atoms with van der Waals surface area (Å²) in [5, 5.41) is 2.59. The first kappa shape index (κ1) is 10.9. The Hall–Kier alpha value is -0.140. The number of aromatic nitrogens is 3. The second-order valence-electron chi connectivity index (χ2n) is 2.22. The number of aromatic amines is 1. The van der Waals surface area contributed by atoms with Crippen LogP contribution in [-0.2, 0) is 0 Å². The Morgan fingerprint density at radius 3 is 2.85 bits per heavy atom. The van der Waals surface area contributed by atoms with Gasteiger partial charge in [0.2, 0.25) is 0 Å². The lowest BCUT2D eigenvalue weighted by atomic mass is 10.6. The molecule has 70 valence electrons. The molecule has 0 aliphatic carbocycles. The molecule has 0 aliphatic rings. The fraction of sp³-hybridized carbons (Fsp3) is 0. The molecule has 4 nitrogen and oxygen atoms in total. The second-order valence-corrected chi connectivity index (χ2v) is 3.93. The third-order valence-electron chi connectivity index (χ3n) is 1.41. The Morgan fingerprint density at radius 2 is 2.15 bits per heavy atom. The topological polar surface area (TPSA) is 50.2 Å². The van der Waals surface area contributed by atoms with E-state index in [1.807, 2.05) is 0 Å². The van der Waals surface area contributed by atoms with Gasteiger partial charge in [0.15, 0.2) is 5.65 Å². The van der Waals surface area contributed by atoms with E-state index in [9.17, 15) is 4.79 Å². The normalized spacial score (nSPS) is 10.0. The molecule has 2 aromatic rings. The van der Waals surface area contributed by atoms with Crippen molar-refractivity contribution in [1.29, 1.82) is 0 Å². The van der Waals surface area contributed by atoms with Crippen molar-refractivity contribution in [2.24, 2.45) is 0 Å². The molecule has 1 N–H and O–H groups in total. The van der Waals surface area contributed by atoms with Gasteiger partial charge in [-0.2, -0.15) is 0 Å². The molecule has 0 bridgehead atoms. The van der Waals surface area contributed by atoms with Crippen LogP contribution in [0, 0.1) is 0 Å². The van der Waals surface area contributed by atoms with Gasteiger partial charge in [-0.1, -0.05) is 0 Å². The van der Waals surface area contributed by atoms with Crippen molar-refractivity contribution in [3.8, 4) is 0 Å². The van der Waals surface area contributed by atoms with Gasteiger partial charge in [-0.25, -0.2) is 9.50 Å². The molecule has 0 radical (unpaired) electrons. The molecule has 2 heterocycles. The highest BCUT2D eigenvalue weighted by Gasteiger charge is 2.05. The fourth-order valence-electron chi connectivity index (χ4n) is 0.910. The fourth-order valence-corrected chi connectivity index (χ4v) is 1.60. The van der Waals surface area contributed by atoms with E-state index in [4.69, 9.17) is 0 Å². The predicted octanol–water partition coefficient (Wildman–Crippen LogP) is 2.13. The van der Waals surface area contributed by atoms with E-state index in [-0.39, 0.29) is 22.5 Å². The lowest BCUT2D eigenvalue weighted by Gasteiger charge is -1.92. The summed E-state index contributed by atoms with van der Waals surface area (Å²) >= 11 is 6.38. The molecule has 0 saturated carbocycles. The molecule has 7 heteroatoms. The molecule has 0 spiro atoms. The molecule has 0 amide bonds. The van der Waals surface area contributed by atoms with Crippen LogP contribution < -0.4 is 5.56 Å². The molecule has 13 heavy (non-hydrogen) atoms. The number of hydrogen-bond acceptors (Lipinski definition) is 2. The van der Waals surface area contributed by atoms with Crippen molar-refractivity contribution in [3.63, 3.8) is 0 Å². The van der Waals surface area contributed by atoms with Gasteiger partial charge in [0.25, 0.3) is 5.56 Å². The maximum Gasteiger partial charge on any atom is 0.281 e. The summed E-state index contributed by atoms with van der Waals surface area (Å²) in [6.07, 6.45) is 3.36. The zero-order valence-corrected chi connectivity index (χ0v) is 11.0. The van der Waals surface area contributed by atoms with Crippen LogP contribution in [0.1, 0.15) is 0 Å². The number of H-pyrrole nitrogens is 1. The summed E-state index contributed by atoms with van der Waals surface area (Å²) < 4.78 is 2.82. The van der Waals surface area contributed by atoms with Crippen LogP contribution >= 0.6 is 48.8 Å². The first-order valence-corrected chi connectivity index (χ1v) is 4.68. The summed E-state index contributed by atoms with van der Waals surface area (Å²) in [6.45, 7) is 0. The summed E-state index contributed by atoms with van der Waals surface area (Å²) in [7, 11) is 0. The number of hydrogen-bond donors (Lipinski definition) is 1. The van der Waals surface area contributed by atoms with Gasteiger partial charge in [0.1, 0.15) is 4.47 Å². The number of halogens is 3. The smallest absolute Gasteiger partial charge is 0.267 e. The maximum atomic E-state index is 11.1. The van der Waals surface area contributed by atoms with Crippen molar-refractivity contribution in [2.75, 3.05) is 0 Å². The van der Waals surface area contributed by atoms with Gasteiger partial charge in [-0.15, -0.1) is 17.0 Å². The summed E-state index contributed by atoms with van der Waals surface area (Å²) in [5.74, 6) is 0. The zero-order valence-electron chi connectivity index (χ0n) is 6.12. The van der Waals surface area contributed by atoms with Crippen LogP contribution in [-0.4, -0.2) is 14.6 Å². The lowest BCUT2D eigenvalue weighted by Crippen LogP contribution is -1.99. The SMILES string of the molecule is Br.O=c1[nH]n2cc(Br)cnc2c1Br. The second kappa shape index (κ2) is 3.93. The average molecular weight is 374 g/mol. The standard InChI is InChI=1S/C6H3Br2N3O.BrH/c7-3-1-9-5-4(8)6(12)10-11(5)2-3;/h1-2H,(H,10,12);1H. The molecule has 0 atom stereocenters. The molecular weight excluding hydrogens is 370 g/mol. The third kappa shape index (κ3) is 1.87. The van der Waals surface area contributed by atoms with Crippen LogP contribution in [0.4, 0.5) is 0 Å². The number of nitrogens with zero attached hydrogens (tertiary/aromatic N) is 2. The Labute approximate surface area is 100 Å².